The van der Waals surface area contributed by atoms with Crippen LogP contribution >= 0.6 is 11.6 Å². The molecule has 15 heavy (non-hydrogen) atoms. The average molecular weight is 244 g/mol. The van der Waals surface area contributed by atoms with Crippen LogP contribution in [0.1, 0.15) is 0 Å². The number of aromatic nitrogens is 2. The number of sulfonamides is 1. The zero-order valence-corrected chi connectivity index (χ0v) is 8.96. The van der Waals surface area contributed by atoms with Gasteiger partial charge in [-0.1, -0.05) is 11.6 Å². The number of rotatable bonds is 1. The molecule has 0 fully saturated rings. The molecule has 0 saturated carbocycles. The molecule has 0 aliphatic heterocycles. The van der Waals surface area contributed by atoms with E-state index in [0.717, 1.165) is 0 Å². The Hall–Kier alpha value is -1.24. The lowest BCUT2D eigenvalue weighted by Crippen LogP contribution is -2.12. The Morgan fingerprint density at radius 1 is 1.33 bits per heavy atom. The van der Waals surface area contributed by atoms with Gasteiger partial charge in [-0.3, -0.25) is 0 Å². The van der Waals surface area contributed by atoms with Crippen LogP contribution in [0, 0.1) is 0 Å². The lowest BCUT2D eigenvalue weighted by atomic mass is 10.2. The van der Waals surface area contributed by atoms with Gasteiger partial charge >= 0.3 is 0 Å². The van der Waals surface area contributed by atoms with Gasteiger partial charge in [-0.05, 0) is 12.1 Å². The van der Waals surface area contributed by atoms with Crippen LogP contribution in [0.25, 0.3) is 10.9 Å². The molecule has 1 heterocycles. The zero-order chi connectivity index (χ0) is 11.1. The SMILES string of the molecule is NS(=O)(=O)c1cc2cncnc2cc1Cl. The van der Waals surface area contributed by atoms with E-state index < -0.39 is 10.0 Å². The van der Waals surface area contributed by atoms with Gasteiger partial charge in [0.25, 0.3) is 0 Å². The largest absolute Gasteiger partial charge is 0.244 e. The van der Waals surface area contributed by atoms with Gasteiger partial charge in [0.15, 0.2) is 0 Å². The number of primary sulfonamides is 1. The van der Waals surface area contributed by atoms with Gasteiger partial charge in [0.05, 0.1) is 10.5 Å². The van der Waals surface area contributed by atoms with Crippen LogP contribution in [0.2, 0.25) is 5.02 Å². The quantitative estimate of drug-likeness (QED) is 0.807. The number of nitrogens with two attached hydrogens (primary N) is 1. The maximum Gasteiger partial charge on any atom is 0.239 e. The third-order valence-corrected chi connectivity index (χ3v) is 3.24. The lowest BCUT2D eigenvalue weighted by Gasteiger charge is -2.03. The van der Waals surface area contributed by atoms with Crippen molar-refractivity contribution in [2.75, 3.05) is 0 Å². The van der Waals surface area contributed by atoms with Gasteiger partial charge in [-0.2, -0.15) is 0 Å². The third-order valence-electron chi connectivity index (χ3n) is 1.86. The molecule has 7 heteroatoms. The number of nitrogens with zero attached hydrogens (tertiary/aromatic N) is 2. The Morgan fingerprint density at radius 2 is 2.07 bits per heavy atom. The van der Waals surface area contributed by atoms with E-state index in [1.54, 1.807) is 0 Å². The van der Waals surface area contributed by atoms with Crippen molar-refractivity contribution in [3.05, 3.63) is 29.7 Å². The Bertz CT molecular complexity index is 627. The van der Waals surface area contributed by atoms with Crippen molar-refractivity contribution in [2.45, 2.75) is 4.90 Å². The summed E-state index contributed by atoms with van der Waals surface area (Å²) >= 11 is 5.77. The molecule has 78 valence electrons. The van der Waals surface area contributed by atoms with Gasteiger partial charge in [0.1, 0.15) is 11.2 Å². The average Bonchev–Trinajstić information content (AvgIpc) is 2.15. The number of hydrogen-bond donors (Lipinski definition) is 1. The third kappa shape index (κ3) is 1.92. The van der Waals surface area contributed by atoms with Gasteiger partial charge in [-0.15, -0.1) is 0 Å². The normalized spacial score (nSPS) is 11.9. The molecule has 0 aliphatic rings. The van der Waals surface area contributed by atoms with E-state index in [2.05, 4.69) is 9.97 Å². The van der Waals surface area contributed by atoms with E-state index >= 15 is 0 Å². The van der Waals surface area contributed by atoms with Crippen molar-refractivity contribution in [1.82, 2.24) is 9.97 Å². The monoisotopic (exact) mass is 243 g/mol. The molecule has 0 bridgehead atoms. The summed E-state index contributed by atoms with van der Waals surface area (Å²) in [6.45, 7) is 0. The highest BCUT2D eigenvalue weighted by molar-refractivity contribution is 7.89. The van der Waals surface area contributed by atoms with Gasteiger partial charge < -0.3 is 0 Å². The van der Waals surface area contributed by atoms with Crippen LogP contribution in [-0.2, 0) is 10.0 Å². The summed E-state index contributed by atoms with van der Waals surface area (Å²) < 4.78 is 22.3. The maximum absolute atomic E-state index is 11.1. The summed E-state index contributed by atoms with van der Waals surface area (Å²) in [7, 11) is -3.81. The van der Waals surface area contributed by atoms with Crippen LogP contribution in [0.5, 0.6) is 0 Å². The molecule has 0 aliphatic carbocycles. The van der Waals surface area contributed by atoms with Crippen molar-refractivity contribution < 1.29 is 8.42 Å². The van der Waals surface area contributed by atoms with Gasteiger partial charge in [-0.25, -0.2) is 23.5 Å². The molecule has 0 saturated heterocycles. The summed E-state index contributed by atoms with van der Waals surface area (Å²) in [5.41, 5.74) is 0.572. The minimum absolute atomic E-state index is 0.0590. The van der Waals surface area contributed by atoms with Crippen LogP contribution in [-0.4, -0.2) is 18.4 Å². The molecule has 1 aromatic heterocycles. The van der Waals surface area contributed by atoms with Crippen molar-refractivity contribution in [3.8, 4) is 0 Å². The second kappa shape index (κ2) is 3.41. The Kier molecular flexibility index (Phi) is 2.34. The maximum atomic E-state index is 11.1. The van der Waals surface area contributed by atoms with E-state index in [9.17, 15) is 8.42 Å². The Balaban J connectivity index is 2.84. The molecule has 2 N–H and O–H groups in total. The first-order valence-corrected chi connectivity index (χ1v) is 5.83. The number of fused-ring (bicyclic) bond motifs is 1. The first kappa shape index (κ1) is 10.3. The molecule has 1 aromatic carbocycles. The molecule has 5 nitrogen and oxygen atoms in total. The van der Waals surface area contributed by atoms with Crippen LogP contribution in [0.3, 0.4) is 0 Å². The van der Waals surface area contributed by atoms with E-state index in [0.29, 0.717) is 10.9 Å². The minimum atomic E-state index is -3.81. The Labute approximate surface area is 91.0 Å². The fourth-order valence-electron chi connectivity index (χ4n) is 1.20. The fraction of sp³-hybridized carbons (Fsp3) is 0. The van der Waals surface area contributed by atoms with E-state index in [-0.39, 0.29) is 9.92 Å². The van der Waals surface area contributed by atoms with Gasteiger partial charge in [0, 0.05) is 11.6 Å². The highest BCUT2D eigenvalue weighted by Gasteiger charge is 2.14. The summed E-state index contributed by atoms with van der Waals surface area (Å²) in [5, 5.41) is 5.63. The summed E-state index contributed by atoms with van der Waals surface area (Å²) in [6, 6.07) is 2.80. The Morgan fingerprint density at radius 3 is 2.73 bits per heavy atom. The molecule has 0 radical (unpaired) electrons. The van der Waals surface area contributed by atoms with Crippen LogP contribution in [0.4, 0.5) is 0 Å². The summed E-state index contributed by atoms with van der Waals surface area (Å²) in [5.74, 6) is 0. The van der Waals surface area contributed by atoms with Crippen molar-refractivity contribution in [1.29, 1.82) is 0 Å². The topological polar surface area (TPSA) is 85.9 Å². The van der Waals surface area contributed by atoms with E-state index in [1.807, 2.05) is 0 Å². The molecule has 2 aromatic rings. The van der Waals surface area contributed by atoms with Crippen molar-refractivity contribution >= 4 is 32.5 Å². The predicted octanol–water partition coefficient (Wildman–Crippen LogP) is 0.931. The first-order valence-electron chi connectivity index (χ1n) is 3.90. The first-order chi connectivity index (χ1) is 6.98. The molecule has 0 atom stereocenters. The van der Waals surface area contributed by atoms with Crippen LogP contribution < -0.4 is 5.14 Å². The smallest absolute Gasteiger partial charge is 0.239 e. The fourth-order valence-corrected chi connectivity index (χ4v) is 2.30. The van der Waals surface area contributed by atoms with Crippen molar-refractivity contribution in [3.63, 3.8) is 0 Å². The molecule has 2 rings (SSSR count). The molecule has 0 amide bonds. The number of halogens is 1. The highest BCUT2D eigenvalue weighted by atomic mass is 35.5. The van der Waals surface area contributed by atoms with Crippen molar-refractivity contribution in [2.24, 2.45) is 5.14 Å². The molecule has 0 spiro atoms. The number of benzene rings is 1. The van der Waals surface area contributed by atoms with E-state index in [4.69, 9.17) is 16.7 Å². The standard InChI is InChI=1S/C8H6ClN3O2S/c9-6-2-7-5(3-11-4-12-7)1-8(6)15(10,13)14/h1-4H,(H2,10,13,14). The van der Waals surface area contributed by atoms with E-state index in [1.165, 1.54) is 24.7 Å². The molecular formula is C8H6ClN3O2S. The summed E-state index contributed by atoms with van der Waals surface area (Å²) in [4.78, 5) is 7.59. The lowest BCUT2D eigenvalue weighted by molar-refractivity contribution is 0.598. The highest BCUT2D eigenvalue weighted by Crippen LogP contribution is 2.24. The summed E-state index contributed by atoms with van der Waals surface area (Å²) in [6.07, 6.45) is 2.85. The second-order valence-corrected chi connectivity index (χ2v) is 4.85. The zero-order valence-electron chi connectivity index (χ0n) is 7.38. The second-order valence-electron chi connectivity index (χ2n) is 2.91. The van der Waals surface area contributed by atoms with Gasteiger partial charge in [0.2, 0.25) is 10.0 Å². The number of hydrogen-bond acceptors (Lipinski definition) is 4. The van der Waals surface area contributed by atoms with Crippen LogP contribution in [0.15, 0.2) is 29.6 Å². The minimum Gasteiger partial charge on any atom is -0.244 e. The molecular weight excluding hydrogens is 238 g/mol. The predicted molar refractivity (Wildman–Crippen MR) is 55.9 cm³/mol. The molecule has 0 unspecified atom stereocenters.